The van der Waals surface area contributed by atoms with Crippen LogP contribution in [0.3, 0.4) is 0 Å². The number of carbonyl (C=O) groups is 2. The molecule has 0 saturated carbocycles. The average molecular weight is 462 g/mol. The second kappa shape index (κ2) is 12.4. The number of nitrogens with zero attached hydrogens (tertiary/aromatic N) is 1. The van der Waals surface area contributed by atoms with Gasteiger partial charge in [0.1, 0.15) is 5.60 Å². The fourth-order valence-corrected chi connectivity index (χ4v) is 3.60. The highest BCUT2D eigenvalue weighted by Crippen LogP contribution is 2.34. The molecule has 7 heteroatoms. The molecule has 2 aromatic rings. The number of hydrogen-bond donors (Lipinski definition) is 2. The number of carboxylic acids is 2. The Morgan fingerprint density at radius 3 is 2.19 bits per heavy atom. The van der Waals surface area contributed by atoms with Crippen LogP contribution in [0.4, 0.5) is 0 Å². The number of carboxylic acid groups (broad SMARTS) is 2. The summed E-state index contributed by atoms with van der Waals surface area (Å²) in [6.45, 7) is 1.21. The Morgan fingerprint density at radius 2 is 1.69 bits per heavy atom. The van der Waals surface area contributed by atoms with Crippen LogP contribution >= 0.6 is 11.6 Å². The van der Waals surface area contributed by atoms with E-state index in [0.717, 1.165) is 30.5 Å². The van der Waals surface area contributed by atoms with Crippen molar-refractivity contribution in [3.63, 3.8) is 0 Å². The molecule has 0 amide bonds. The first-order chi connectivity index (χ1) is 15.9. The van der Waals surface area contributed by atoms with E-state index in [4.69, 9.17) is 29.3 Å². The van der Waals surface area contributed by atoms with E-state index >= 15 is 0 Å². The molecule has 1 heterocycles. The second-order valence-electron chi connectivity index (χ2n) is 7.64. The van der Waals surface area contributed by atoms with Gasteiger partial charge in [-0.05, 0) is 63.0 Å². The highest BCUT2D eigenvalue weighted by atomic mass is 35.5. The van der Waals surface area contributed by atoms with Crippen LogP contribution in [0.5, 0.6) is 0 Å². The molecule has 1 aliphatic heterocycles. The van der Waals surface area contributed by atoms with Crippen molar-refractivity contribution in [2.24, 2.45) is 0 Å². The molecule has 3 rings (SSSR count). The van der Waals surface area contributed by atoms with Gasteiger partial charge in [0.05, 0.1) is 2.74 Å². The highest BCUT2D eigenvalue weighted by Gasteiger charge is 2.30. The quantitative estimate of drug-likeness (QED) is 0.548. The fraction of sp³-hybridized carbons (Fsp3) is 0.360. The predicted molar refractivity (Wildman–Crippen MR) is 125 cm³/mol. The van der Waals surface area contributed by atoms with Crippen molar-refractivity contribution < 1.29 is 27.3 Å². The molecule has 2 N–H and O–H groups in total. The van der Waals surface area contributed by atoms with Crippen LogP contribution in [-0.2, 0) is 19.9 Å². The lowest BCUT2D eigenvalue weighted by molar-refractivity contribution is -0.134. The zero-order chi connectivity index (χ0) is 25.4. The van der Waals surface area contributed by atoms with Crippen molar-refractivity contribution in [1.82, 2.24) is 4.90 Å². The molecule has 32 heavy (non-hydrogen) atoms. The molecular weight excluding hydrogens is 430 g/mol. The third-order valence-corrected chi connectivity index (χ3v) is 5.61. The van der Waals surface area contributed by atoms with Crippen molar-refractivity contribution in [1.29, 1.82) is 0 Å². The van der Waals surface area contributed by atoms with Crippen molar-refractivity contribution >= 4 is 23.5 Å². The molecule has 2 atom stereocenters. The third kappa shape index (κ3) is 7.79. The maximum Gasteiger partial charge on any atom is 0.328 e. The van der Waals surface area contributed by atoms with Gasteiger partial charge in [-0.2, -0.15) is 0 Å². The van der Waals surface area contributed by atoms with E-state index in [9.17, 15) is 9.59 Å². The van der Waals surface area contributed by atoms with Gasteiger partial charge in [-0.3, -0.25) is 0 Å². The van der Waals surface area contributed by atoms with E-state index in [1.807, 2.05) is 61.5 Å². The van der Waals surface area contributed by atoms with Crippen LogP contribution in [0.2, 0.25) is 5.02 Å². The Morgan fingerprint density at radius 1 is 1.12 bits per heavy atom. The van der Waals surface area contributed by atoms with E-state index in [2.05, 4.69) is 11.9 Å². The molecule has 0 radical (unpaired) electrons. The van der Waals surface area contributed by atoms with E-state index in [1.165, 1.54) is 0 Å². The maximum atomic E-state index is 9.55. The molecule has 172 valence electrons. The van der Waals surface area contributed by atoms with Crippen molar-refractivity contribution in [3.8, 4) is 0 Å². The Balaban J connectivity index is 0.000000440. The first-order valence-corrected chi connectivity index (χ1v) is 10.7. The number of hydrogen-bond acceptors (Lipinski definition) is 4. The maximum absolute atomic E-state index is 9.55. The summed E-state index contributed by atoms with van der Waals surface area (Å²) in [6, 6.07) is 17.5. The summed E-state index contributed by atoms with van der Waals surface area (Å²) in [7, 11) is 2.06. The Labute approximate surface area is 196 Å². The third-order valence-electron chi connectivity index (χ3n) is 5.35. The Kier molecular flexibility index (Phi) is 8.72. The SMILES string of the molecule is O=C(O)/C=C/C(=O)O.[2H]C([2H])(C[C@H]1CCCN1C)O[C@](C)(c1ccccc1)c1ccc(Cl)cc1. The van der Waals surface area contributed by atoms with Crippen molar-refractivity contribution in [2.45, 2.75) is 37.8 Å². The molecular formula is C25H30ClNO5. The molecule has 0 bridgehead atoms. The van der Waals surface area contributed by atoms with E-state index in [1.54, 1.807) is 0 Å². The molecule has 6 nitrogen and oxygen atoms in total. The summed E-state index contributed by atoms with van der Waals surface area (Å²) in [4.78, 5) is 21.3. The van der Waals surface area contributed by atoms with Gasteiger partial charge >= 0.3 is 11.9 Å². The number of likely N-dealkylation sites (tertiary alicyclic amines) is 1. The summed E-state index contributed by atoms with van der Waals surface area (Å²) < 4.78 is 23.3. The Hall–Kier alpha value is -2.67. The molecule has 1 saturated heterocycles. The minimum absolute atomic E-state index is 0.218. The van der Waals surface area contributed by atoms with Crippen LogP contribution in [0.1, 0.15) is 40.1 Å². The smallest absolute Gasteiger partial charge is 0.328 e. The second-order valence-corrected chi connectivity index (χ2v) is 8.08. The van der Waals surface area contributed by atoms with Crippen molar-refractivity contribution in [2.75, 3.05) is 20.2 Å². The van der Waals surface area contributed by atoms with Gasteiger partial charge in [0.15, 0.2) is 0 Å². The number of ether oxygens (including phenoxy) is 1. The lowest BCUT2D eigenvalue weighted by Gasteiger charge is -2.32. The molecule has 0 aliphatic carbocycles. The molecule has 1 fully saturated rings. The molecule has 2 aromatic carbocycles. The summed E-state index contributed by atoms with van der Waals surface area (Å²) in [5.74, 6) is -2.51. The predicted octanol–water partition coefficient (Wildman–Crippen LogP) is 4.82. The number of aliphatic carboxylic acids is 2. The zero-order valence-corrected chi connectivity index (χ0v) is 19.0. The van der Waals surface area contributed by atoms with Gasteiger partial charge in [-0.1, -0.05) is 54.1 Å². The summed E-state index contributed by atoms with van der Waals surface area (Å²) in [5.41, 5.74) is 0.912. The van der Waals surface area contributed by atoms with E-state index in [0.29, 0.717) is 23.6 Å². The van der Waals surface area contributed by atoms with Gasteiger partial charge in [0, 0.05) is 29.8 Å². The van der Waals surface area contributed by atoms with Crippen LogP contribution in [0, 0.1) is 0 Å². The lowest BCUT2D eigenvalue weighted by atomic mass is 9.88. The molecule has 1 aliphatic rings. The largest absolute Gasteiger partial charge is 0.478 e. The van der Waals surface area contributed by atoms with Gasteiger partial charge in [-0.15, -0.1) is 0 Å². The van der Waals surface area contributed by atoms with Gasteiger partial charge in [-0.25, -0.2) is 9.59 Å². The monoisotopic (exact) mass is 461 g/mol. The molecule has 0 unspecified atom stereocenters. The van der Waals surface area contributed by atoms with Crippen LogP contribution in [0.25, 0.3) is 0 Å². The zero-order valence-electron chi connectivity index (χ0n) is 20.2. The van der Waals surface area contributed by atoms with Gasteiger partial charge < -0.3 is 19.8 Å². The number of benzene rings is 2. The van der Waals surface area contributed by atoms with Crippen LogP contribution in [0.15, 0.2) is 66.7 Å². The summed E-state index contributed by atoms with van der Waals surface area (Å²) >= 11 is 6.05. The molecule has 0 aromatic heterocycles. The van der Waals surface area contributed by atoms with Crippen molar-refractivity contribution in [3.05, 3.63) is 82.9 Å². The normalized spacial score (nSPS) is 19.4. The van der Waals surface area contributed by atoms with E-state index in [-0.39, 0.29) is 6.04 Å². The van der Waals surface area contributed by atoms with Gasteiger partial charge in [0.2, 0.25) is 0 Å². The first kappa shape index (κ1) is 22.5. The van der Waals surface area contributed by atoms with Gasteiger partial charge in [0.25, 0.3) is 0 Å². The first-order valence-electron chi connectivity index (χ1n) is 11.3. The number of halogens is 1. The minimum atomic E-state index is -1.74. The minimum Gasteiger partial charge on any atom is -0.478 e. The summed E-state index contributed by atoms with van der Waals surface area (Å²) in [6.07, 6.45) is 3.61. The topological polar surface area (TPSA) is 87.1 Å². The molecule has 0 spiro atoms. The lowest BCUT2D eigenvalue weighted by Crippen LogP contribution is -2.31. The summed E-state index contributed by atoms with van der Waals surface area (Å²) in [5, 5.41) is 16.3. The fourth-order valence-electron chi connectivity index (χ4n) is 3.47. The number of rotatable bonds is 8. The highest BCUT2D eigenvalue weighted by molar-refractivity contribution is 6.30. The van der Waals surface area contributed by atoms with Crippen LogP contribution in [-0.4, -0.2) is 53.2 Å². The van der Waals surface area contributed by atoms with Crippen LogP contribution < -0.4 is 0 Å². The van der Waals surface area contributed by atoms with E-state index < -0.39 is 24.1 Å². The average Bonchev–Trinajstić information content (AvgIpc) is 3.17. The standard InChI is InChI=1S/C21H26ClNO.C4H4O4/c1-21(17-7-4-3-5-8-17,18-10-12-19(22)13-11-18)24-16-14-20-9-6-15-23(20)2;5-3(6)1-2-4(7)8/h3-5,7-8,10-13,20H,6,9,14-16H2,1-2H3;1-2H,(H,5,6)(H,7,8)/b;2-1+/t20-,21-;/m1./s1/i16D2;. The Bertz CT molecular complexity index is 969.